The molecule has 0 bridgehead atoms. The quantitative estimate of drug-likeness (QED) is 0.631. The van der Waals surface area contributed by atoms with E-state index in [9.17, 15) is 10.1 Å². The Morgan fingerprint density at radius 3 is 2.85 bits per heavy atom. The number of benzene rings is 1. The van der Waals surface area contributed by atoms with Crippen molar-refractivity contribution in [3.8, 4) is 0 Å². The monoisotopic (exact) mass is 246 g/mol. The van der Waals surface area contributed by atoms with Gasteiger partial charge in [-0.05, 0) is 12.1 Å². The van der Waals surface area contributed by atoms with E-state index in [0.717, 1.165) is 4.47 Å². The van der Waals surface area contributed by atoms with Crippen LogP contribution in [0.5, 0.6) is 0 Å². The van der Waals surface area contributed by atoms with Crippen LogP contribution in [0.1, 0.15) is 5.56 Å². The molecule has 0 spiro atoms. The molecule has 1 aromatic rings. The van der Waals surface area contributed by atoms with Crippen LogP contribution in [0.2, 0.25) is 0 Å². The van der Waals surface area contributed by atoms with Crippen molar-refractivity contribution in [1.29, 1.82) is 0 Å². The second-order valence-electron chi connectivity index (χ2n) is 2.37. The minimum Gasteiger partial charge on any atom is -0.316 e. The van der Waals surface area contributed by atoms with Crippen molar-refractivity contribution in [3.63, 3.8) is 0 Å². The van der Waals surface area contributed by atoms with Crippen LogP contribution < -0.4 is 5.48 Å². The summed E-state index contributed by atoms with van der Waals surface area (Å²) < 4.78 is 0.739. The molecule has 13 heavy (non-hydrogen) atoms. The van der Waals surface area contributed by atoms with Crippen molar-refractivity contribution >= 4 is 21.6 Å². The zero-order valence-corrected chi connectivity index (χ0v) is 8.11. The fourth-order valence-electron chi connectivity index (χ4n) is 0.959. The van der Waals surface area contributed by atoms with Crippen LogP contribution in [0.15, 0.2) is 22.7 Å². The van der Waals surface area contributed by atoms with Gasteiger partial charge in [-0.3, -0.25) is 10.1 Å². The number of nitrogens with one attached hydrogen (secondary N) is 1. The highest BCUT2D eigenvalue weighted by molar-refractivity contribution is 9.10. The smallest absolute Gasteiger partial charge is 0.274 e. The summed E-state index contributed by atoms with van der Waals surface area (Å²) in [4.78, 5) is 10.0. The highest BCUT2D eigenvalue weighted by Crippen LogP contribution is 2.22. The SMILES string of the molecule is O=[N+]([O-])c1ccc(Br)cc1CNO. The van der Waals surface area contributed by atoms with Crippen LogP contribution in [0.4, 0.5) is 5.69 Å². The Balaban J connectivity index is 3.10. The average molecular weight is 247 g/mol. The van der Waals surface area contributed by atoms with E-state index in [2.05, 4.69) is 15.9 Å². The van der Waals surface area contributed by atoms with E-state index in [0.29, 0.717) is 5.56 Å². The van der Waals surface area contributed by atoms with Gasteiger partial charge in [-0.2, -0.15) is 0 Å². The second-order valence-corrected chi connectivity index (χ2v) is 3.28. The predicted molar refractivity (Wildman–Crippen MR) is 49.4 cm³/mol. The van der Waals surface area contributed by atoms with E-state index in [4.69, 9.17) is 5.21 Å². The summed E-state index contributed by atoms with van der Waals surface area (Å²) >= 11 is 3.18. The van der Waals surface area contributed by atoms with Crippen molar-refractivity contribution in [2.24, 2.45) is 0 Å². The third-order valence-corrected chi connectivity index (χ3v) is 2.00. The number of nitro groups is 1. The maximum Gasteiger partial charge on any atom is 0.274 e. The molecule has 0 atom stereocenters. The van der Waals surface area contributed by atoms with Gasteiger partial charge in [0.25, 0.3) is 5.69 Å². The van der Waals surface area contributed by atoms with E-state index in [1.807, 2.05) is 5.48 Å². The lowest BCUT2D eigenvalue weighted by Gasteiger charge is -2.01. The van der Waals surface area contributed by atoms with Crippen LogP contribution in [-0.4, -0.2) is 10.1 Å². The summed E-state index contributed by atoms with van der Waals surface area (Å²) in [5.74, 6) is 0. The Morgan fingerprint density at radius 2 is 2.31 bits per heavy atom. The Kier molecular flexibility index (Phi) is 3.35. The van der Waals surface area contributed by atoms with E-state index >= 15 is 0 Å². The molecular formula is C7H7BrN2O3. The average Bonchev–Trinajstić information content (AvgIpc) is 2.04. The normalized spacial score (nSPS) is 10.0. The standard InChI is InChI=1S/C7H7BrN2O3/c8-6-1-2-7(10(12)13)5(3-6)4-9-11/h1-3,9,11H,4H2. The molecule has 0 fully saturated rings. The molecule has 0 aliphatic carbocycles. The number of hydroxylamine groups is 1. The van der Waals surface area contributed by atoms with E-state index in [1.54, 1.807) is 12.1 Å². The maximum atomic E-state index is 10.5. The zero-order valence-electron chi connectivity index (χ0n) is 6.53. The first kappa shape index (κ1) is 10.1. The van der Waals surface area contributed by atoms with Crippen LogP contribution in [0, 0.1) is 10.1 Å². The lowest BCUT2D eigenvalue weighted by Crippen LogP contribution is -2.08. The van der Waals surface area contributed by atoms with Gasteiger partial charge in [-0.25, -0.2) is 5.48 Å². The summed E-state index contributed by atoms with van der Waals surface area (Å²) in [6, 6.07) is 4.55. The summed E-state index contributed by atoms with van der Waals surface area (Å²) in [6.45, 7) is 0.0513. The number of nitro benzene ring substituents is 1. The van der Waals surface area contributed by atoms with E-state index in [-0.39, 0.29) is 12.2 Å². The highest BCUT2D eigenvalue weighted by atomic mass is 79.9. The fraction of sp³-hybridized carbons (Fsp3) is 0.143. The third-order valence-electron chi connectivity index (χ3n) is 1.51. The minimum atomic E-state index is -0.487. The van der Waals surface area contributed by atoms with Gasteiger partial charge in [-0.15, -0.1) is 0 Å². The molecule has 1 rings (SSSR count). The van der Waals surface area contributed by atoms with Crippen LogP contribution >= 0.6 is 15.9 Å². The molecule has 0 aliphatic heterocycles. The van der Waals surface area contributed by atoms with Crippen molar-refractivity contribution in [1.82, 2.24) is 5.48 Å². The van der Waals surface area contributed by atoms with E-state index in [1.165, 1.54) is 6.07 Å². The summed E-state index contributed by atoms with van der Waals surface area (Å²) in [6.07, 6.45) is 0. The Hall–Kier alpha value is -0.980. The van der Waals surface area contributed by atoms with Gasteiger partial charge < -0.3 is 5.21 Å². The second kappa shape index (κ2) is 4.31. The molecule has 0 aromatic heterocycles. The molecule has 0 heterocycles. The van der Waals surface area contributed by atoms with Crippen molar-refractivity contribution < 1.29 is 10.1 Å². The number of halogens is 1. The van der Waals surface area contributed by atoms with Crippen molar-refractivity contribution in [2.45, 2.75) is 6.54 Å². The Labute approximate surface area is 82.6 Å². The highest BCUT2D eigenvalue weighted by Gasteiger charge is 2.12. The van der Waals surface area contributed by atoms with Crippen molar-refractivity contribution in [2.75, 3.05) is 0 Å². The van der Waals surface area contributed by atoms with Gasteiger partial charge in [0.2, 0.25) is 0 Å². The zero-order chi connectivity index (χ0) is 9.84. The number of nitrogens with zero attached hydrogens (tertiary/aromatic N) is 1. The molecule has 0 unspecified atom stereocenters. The molecule has 2 N–H and O–H groups in total. The molecule has 0 saturated heterocycles. The molecule has 0 radical (unpaired) electrons. The first-order valence-corrected chi connectivity index (χ1v) is 4.24. The maximum absolute atomic E-state index is 10.5. The van der Waals surface area contributed by atoms with Crippen LogP contribution in [0.25, 0.3) is 0 Å². The molecule has 70 valence electrons. The molecule has 6 heteroatoms. The molecule has 0 aliphatic rings. The third kappa shape index (κ3) is 2.48. The lowest BCUT2D eigenvalue weighted by molar-refractivity contribution is -0.385. The number of hydrogen-bond donors (Lipinski definition) is 2. The van der Waals surface area contributed by atoms with Gasteiger partial charge >= 0.3 is 0 Å². The van der Waals surface area contributed by atoms with E-state index < -0.39 is 4.92 Å². The minimum absolute atomic E-state index is 0.00949. The molecule has 0 saturated carbocycles. The van der Waals surface area contributed by atoms with Crippen LogP contribution in [-0.2, 0) is 6.54 Å². The van der Waals surface area contributed by atoms with Gasteiger partial charge in [0, 0.05) is 16.1 Å². The van der Waals surface area contributed by atoms with Gasteiger partial charge in [0.05, 0.1) is 11.5 Å². The predicted octanol–water partition coefficient (Wildman–Crippen LogP) is 1.84. The summed E-state index contributed by atoms with van der Waals surface area (Å²) in [5, 5.41) is 18.9. The molecule has 5 nitrogen and oxygen atoms in total. The molecular weight excluding hydrogens is 240 g/mol. The number of rotatable bonds is 3. The van der Waals surface area contributed by atoms with Crippen LogP contribution in [0.3, 0.4) is 0 Å². The topological polar surface area (TPSA) is 75.4 Å². The molecule has 1 aromatic carbocycles. The lowest BCUT2D eigenvalue weighted by atomic mass is 10.2. The van der Waals surface area contributed by atoms with Gasteiger partial charge in [-0.1, -0.05) is 15.9 Å². The first-order valence-electron chi connectivity index (χ1n) is 3.45. The largest absolute Gasteiger partial charge is 0.316 e. The van der Waals surface area contributed by atoms with Gasteiger partial charge in [0.1, 0.15) is 0 Å². The van der Waals surface area contributed by atoms with Crippen molar-refractivity contribution in [3.05, 3.63) is 38.3 Å². The van der Waals surface area contributed by atoms with Gasteiger partial charge in [0.15, 0.2) is 0 Å². The Bertz CT molecular complexity index is 330. The molecule has 0 amide bonds. The summed E-state index contributed by atoms with van der Waals surface area (Å²) in [7, 11) is 0. The first-order chi connectivity index (χ1) is 6.15. The Morgan fingerprint density at radius 1 is 1.62 bits per heavy atom. The fourth-order valence-corrected chi connectivity index (χ4v) is 1.37. The summed E-state index contributed by atoms with van der Waals surface area (Å²) in [5.41, 5.74) is 2.30. The number of hydrogen-bond acceptors (Lipinski definition) is 4.